The normalized spacial score (nSPS) is 11.4. The van der Waals surface area contributed by atoms with Crippen LogP contribution in [0.25, 0.3) is 83.6 Å². The van der Waals surface area contributed by atoms with E-state index in [1.165, 1.54) is 21.9 Å². The van der Waals surface area contributed by atoms with Crippen LogP contribution in [0.2, 0.25) is 0 Å². The highest BCUT2D eigenvalue weighted by Gasteiger charge is 2.15. The van der Waals surface area contributed by atoms with Gasteiger partial charge in [-0.25, -0.2) is 19.9 Å². The average Bonchev–Trinajstić information content (AvgIpc) is 3.49. The number of aromatic nitrogens is 5. The first-order chi connectivity index (χ1) is 23.3. The summed E-state index contributed by atoms with van der Waals surface area (Å²) in [6, 6.07) is 52.3. The highest BCUT2D eigenvalue weighted by molar-refractivity contribution is 6.09. The first-order valence-corrected chi connectivity index (χ1v) is 15.6. The monoisotopic (exact) mass is 601 g/mol. The van der Waals surface area contributed by atoms with Gasteiger partial charge in [-0.3, -0.25) is 4.57 Å². The molecule has 6 aromatic carbocycles. The van der Waals surface area contributed by atoms with E-state index in [1.54, 1.807) is 0 Å². The minimum absolute atomic E-state index is 0.650. The first kappa shape index (κ1) is 26.9. The van der Waals surface area contributed by atoms with Gasteiger partial charge in [-0.15, -0.1) is 0 Å². The number of benzene rings is 6. The molecule has 0 bridgehead atoms. The number of nitrogens with zero attached hydrogens (tertiary/aromatic N) is 5. The molecule has 3 aromatic heterocycles. The van der Waals surface area contributed by atoms with Crippen LogP contribution < -0.4 is 0 Å². The van der Waals surface area contributed by atoms with Gasteiger partial charge in [-0.1, -0.05) is 133 Å². The summed E-state index contributed by atoms with van der Waals surface area (Å²) in [4.78, 5) is 19.7. The average molecular weight is 602 g/mol. The second-order valence-corrected chi connectivity index (χ2v) is 11.6. The molecule has 0 radical (unpaired) electrons. The zero-order valence-corrected chi connectivity index (χ0v) is 25.3. The van der Waals surface area contributed by atoms with Crippen LogP contribution in [0.4, 0.5) is 0 Å². The van der Waals surface area contributed by atoms with Gasteiger partial charge in [-0.2, -0.15) is 0 Å². The van der Waals surface area contributed by atoms with E-state index in [1.807, 2.05) is 36.7 Å². The molecule has 0 aliphatic rings. The topological polar surface area (TPSA) is 56.5 Å². The Hall–Kier alpha value is -6.46. The molecule has 47 heavy (non-hydrogen) atoms. The molecule has 0 saturated heterocycles. The summed E-state index contributed by atoms with van der Waals surface area (Å²) in [5.74, 6) is 1.34. The summed E-state index contributed by atoms with van der Waals surface area (Å²) in [5, 5.41) is 3.41. The molecule has 0 atom stereocenters. The second-order valence-electron chi connectivity index (χ2n) is 11.6. The van der Waals surface area contributed by atoms with Crippen LogP contribution in [0, 0.1) is 0 Å². The SMILES string of the molecule is c1ccc(-c2ccc(-c3nc(-c4ccc(-c5cnc(-n6c7ccccc7c7ccccc76)nc5)cc4)nc4ccccc34)cc2)cc1. The molecular weight excluding hydrogens is 574 g/mol. The fourth-order valence-electron chi connectivity index (χ4n) is 6.41. The van der Waals surface area contributed by atoms with E-state index in [0.29, 0.717) is 11.8 Å². The van der Waals surface area contributed by atoms with Crippen molar-refractivity contribution in [2.24, 2.45) is 0 Å². The number of hydrogen-bond acceptors (Lipinski definition) is 4. The van der Waals surface area contributed by atoms with Crippen molar-refractivity contribution in [3.63, 3.8) is 0 Å². The van der Waals surface area contributed by atoms with Crippen LogP contribution in [0.15, 0.2) is 164 Å². The molecule has 5 heteroatoms. The van der Waals surface area contributed by atoms with Crippen LogP contribution in [0.1, 0.15) is 0 Å². The van der Waals surface area contributed by atoms with Crippen molar-refractivity contribution in [3.05, 3.63) is 164 Å². The second kappa shape index (κ2) is 11.2. The lowest BCUT2D eigenvalue weighted by Crippen LogP contribution is -2.00. The molecule has 0 aliphatic heterocycles. The fraction of sp³-hybridized carbons (Fsp3) is 0. The highest BCUT2D eigenvalue weighted by atomic mass is 15.1. The molecule has 0 aliphatic carbocycles. The molecule has 220 valence electrons. The number of para-hydroxylation sites is 3. The zero-order valence-electron chi connectivity index (χ0n) is 25.3. The summed E-state index contributed by atoms with van der Waals surface area (Å²) in [6.45, 7) is 0. The summed E-state index contributed by atoms with van der Waals surface area (Å²) in [6.07, 6.45) is 3.79. The van der Waals surface area contributed by atoms with E-state index in [0.717, 1.165) is 49.9 Å². The summed E-state index contributed by atoms with van der Waals surface area (Å²) in [5.41, 5.74) is 10.4. The Morgan fingerprint density at radius 2 is 0.851 bits per heavy atom. The van der Waals surface area contributed by atoms with E-state index >= 15 is 0 Å². The minimum Gasteiger partial charge on any atom is -0.278 e. The third-order valence-corrected chi connectivity index (χ3v) is 8.76. The van der Waals surface area contributed by atoms with Crippen LogP contribution >= 0.6 is 0 Å². The zero-order chi connectivity index (χ0) is 31.2. The Labute approximate surface area is 271 Å². The fourth-order valence-corrected chi connectivity index (χ4v) is 6.41. The van der Waals surface area contributed by atoms with Crippen molar-refractivity contribution >= 4 is 32.7 Å². The molecule has 0 N–H and O–H groups in total. The van der Waals surface area contributed by atoms with Gasteiger partial charge in [0, 0.05) is 45.2 Å². The molecule has 0 fully saturated rings. The Balaban J connectivity index is 1.05. The van der Waals surface area contributed by atoms with Crippen LogP contribution in [0.3, 0.4) is 0 Å². The van der Waals surface area contributed by atoms with Gasteiger partial charge >= 0.3 is 0 Å². The van der Waals surface area contributed by atoms with E-state index in [-0.39, 0.29) is 0 Å². The lowest BCUT2D eigenvalue weighted by molar-refractivity contribution is 0.990. The lowest BCUT2D eigenvalue weighted by Gasteiger charge is -2.11. The van der Waals surface area contributed by atoms with E-state index in [4.69, 9.17) is 19.9 Å². The van der Waals surface area contributed by atoms with Crippen molar-refractivity contribution in [1.82, 2.24) is 24.5 Å². The standard InChI is InChI=1S/C42H27N5/c1-2-10-28(11-3-1)29-18-22-31(23-19-29)40-36-14-4-7-15-37(36)45-41(46-40)32-24-20-30(21-25-32)33-26-43-42(44-27-33)47-38-16-8-5-12-34(38)35-13-6-9-17-39(35)47/h1-27H. The van der Waals surface area contributed by atoms with Gasteiger partial charge in [0.05, 0.1) is 22.2 Å². The largest absolute Gasteiger partial charge is 0.278 e. The van der Waals surface area contributed by atoms with Crippen molar-refractivity contribution < 1.29 is 0 Å². The maximum atomic E-state index is 5.10. The Morgan fingerprint density at radius 1 is 0.362 bits per heavy atom. The van der Waals surface area contributed by atoms with Crippen LogP contribution in [-0.2, 0) is 0 Å². The van der Waals surface area contributed by atoms with E-state index in [2.05, 4.69) is 132 Å². The maximum Gasteiger partial charge on any atom is 0.234 e. The summed E-state index contributed by atoms with van der Waals surface area (Å²) < 4.78 is 2.13. The molecule has 3 heterocycles. The molecular formula is C42H27N5. The maximum absolute atomic E-state index is 5.10. The summed E-state index contributed by atoms with van der Waals surface area (Å²) >= 11 is 0. The number of fused-ring (bicyclic) bond motifs is 4. The molecule has 5 nitrogen and oxygen atoms in total. The van der Waals surface area contributed by atoms with Crippen molar-refractivity contribution in [2.75, 3.05) is 0 Å². The van der Waals surface area contributed by atoms with Crippen molar-refractivity contribution in [1.29, 1.82) is 0 Å². The minimum atomic E-state index is 0.650. The molecule has 0 unspecified atom stereocenters. The molecule has 0 saturated carbocycles. The quantitative estimate of drug-likeness (QED) is 0.197. The molecule has 0 spiro atoms. The van der Waals surface area contributed by atoms with Crippen LogP contribution in [-0.4, -0.2) is 24.5 Å². The van der Waals surface area contributed by atoms with Crippen LogP contribution in [0.5, 0.6) is 0 Å². The van der Waals surface area contributed by atoms with Gasteiger partial charge in [0.25, 0.3) is 0 Å². The first-order valence-electron chi connectivity index (χ1n) is 15.6. The number of hydrogen-bond donors (Lipinski definition) is 0. The third-order valence-electron chi connectivity index (χ3n) is 8.76. The van der Waals surface area contributed by atoms with Gasteiger partial charge in [-0.05, 0) is 34.9 Å². The van der Waals surface area contributed by atoms with Gasteiger partial charge < -0.3 is 0 Å². The highest BCUT2D eigenvalue weighted by Crippen LogP contribution is 2.33. The van der Waals surface area contributed by atoms with E-state index < -0.39 is 0 Å². The number of rotatable bonds is 5. The summed E-state index contributed by atoms with van der Waals surface area (Å²) in [7, 11) is 0. The molecule has 9 aromatic rings. The molecule has 9 rings (SSSR count). The van der Waals surface area contributed by atoms with Gasteiger partial charge in [0.1, 0.15) is 0 Å². The predicted molar refractivity (Wildman–Crippen MR) is 191 cm³/mol. The third kappa shape index (κ3) is 4.73. The smallest absolute Gasteiger partial charge is 0.234 e. The van der Waals surface area contributed by atoms with Gasteiger partial charge in [0.15, 0.2) is 5.82 Å². The lowest BCUT2D eigenvalue weighted by atomic mass is 10.0. The van der Waals surface area contributed by atoms with Crippen molar-refractivity contribution in [2.45, 2.75) is 0 Å². The van der Waals surface area contributed by atoms with E-state index in [9.17, 15) is 0 Å². The van der Waals surface area contributed by atoms with Crippen molar-refractivity contribution in [3.8, 4) is 50.8 Å². The Kier molecular flexibility index (Phi) is 6.39. The predicted octanol–water partition coefficient (Wildman–Crippen LogP) is 10.2. The molecule has 0 amide bonds. The Morgan fingerprint density at radius 3 is 1.51 bits per heavy atom. The van der Waals surface area contributed by atoms with Gasteiger partial charge in [0.2, 0.25) is 5.95 Å². The Bertz CT molecular complexity index is 2480.